The Bertz CT molecular complexity index is 505. The highest BCUT2D eigenvalue weighted by molar-refractivity contribution is 7.10. The number of aryl methyl sites for hydroxylation is 1. The summed E-state index contributed by atoms with van der Waals surface area (Å²) in [4.78, 5) is 4.38. The fourth-order valence-corrected chi connectivity index (χ4v) is 2.17. The molecule has 0 aliphatic heterocycles. The lowest BCUT2D eigenvalue weighted by atomic mass is 10.1. The zero-order valence-corrected chi connectivity index (χ0v) is 10.0. The van der Waals surface area contributed by atoms with E-state index in [4.69, 9.17) is 5.73 Å². The highest BCUT2D eigenvalue weighted by Gasteiger charge is 2.08. The lowest BCUT2D eigenvalue weighted by Gasteiger charge is -2.00. The Balaban J connectivity index is 2.39. The Labute approximate surface area is 97.9 Å². The van der Waals surface area contributed by atoms with Crippen molar-refractivity contribution >= 4 is 11.3 Å². The molecule has 0 bridgehead atoms. The number of rotatable bonds is 2. The summed E-state index contributed by atoms with van der Waals surface area (Å²) < 4.78 is 13.4. The average molecular weight is 236 g/mol. The van der Waals surface area contributed by atoms with E-state index in [1.807, 2.05) is 18.4 Å². The van der Waals surface area contributed by atoms with E-state index < -0.39 is 0 Å². The van der Waals surface area contributed by atoms with E-state index in [-0.39, 0.29) is 11.9 Å². The second-order valence-electron chi connectivity index (χ2n) is 3.82. The van der Waals surface area contributed by atoms with Crippen LogP contribution in [0.2, 0.25) is 0 Å². The van der Waals surface area contributed by atoms with Crippen LogP contribution in [0.1, 0.15) is 23.5 Å². The fraction of sp³-hybridized carbons (Fsp3) is 0.250. The molecule has 0 aliphatic carbocycles. The summed E-state index contributed by atoms with van der Waals surface area (Å²) in [5, 5.41) is 2.78. The normalized spacial score (nSPS) is 12.8. The van der Waals surface area contributed by atoms with Crippen LogP contribution in [0.4, 0.5) is 4.39 Å². The summed E-state index contributed by atoms with van der Waals surface area (Å²) in [6, 6.07) is 5.07. The van der Waals surface area contributed by atoms with Crippen LogP contribution in [0.25, 0.3) is 11.3 Å². The summed E-state index contributed by atoms with van der Waals surface area (Å²) in [6.45, 7) is 3.63. The number of nitrogens with two attached hydrogens (primary N) is 1. The maximum absolute atomic E-state index is 13.4. The summed E-state index contributed by atoms with van der Waals surface area (Å²) in [7, 11) is 0. The molecule has 1 aromatic carbocycles. The first-order valence-corrected chi connectivity index (χ1v) is 5.93. The van der Waals surface area contributed by atoms with Gasteiger partial charge in [0, 0.05) is 10.9 Å². The molecule has 16 heavy (non-hydrogen) atoms. The maximum atomic E-state index is 13.4. The second kappa shape index (κ2) is 4.31. The van der Waals surface area contributed by atoms with Crippen LogP contribution in [0.15, 0.2) is 23.6 Å². The van der Waals surface area contributed by atoms with E-state index in [0.717, 1.165) is 16.3 Å². The Morgan fingerprint density at radius 3 is 2.75 bits per heavy atom. The van der Waals surface area contributed by atoms with Gasteiger partial charge in [0.2, 0.25) is 0 Å². The molecule has 1 aromatic heterocycles. The summed E-state index contributed by atoms with van der Waals surface area (Å²) in [5.74, 6) is -0.201. The van der Waals surface area contributed by atoms with Crippen molar-refractivity contribution in [3.8, 4) is 11.3 Å². The standard InChI is InChI=1S/C12H13FN2S/c1-7-3-4-9(5-10(7)13)11-6-16-12(15-11)8(2)14/h3-6,8H,14H2,1-2H3. The lowest BCUT2D eigenvalue weighted by Crippen LogP contribution is -2.03. The predicted octanol–water partition coefficient (Wildman–Crippen LogP) is 3.28. The zero-order valence-electron chi connectivity index (χ0n) is 9.20. The van der Waals surface area contributed by atoms with E-state index in [1.165, 1.54) is 17.4 Å². The van der Waals surface area contributed by atoms with E-state index in [0.29, 0.717) is 5.56 Å². The van der Waals surface area contributed by atoms with Gasteiger partial charge in [0.05, 0.1) is 11.7 Å². The van der Waals surface area contributed by atoms with Crippen LogP contribution in [0.5, 0.6) is 0 Å². The van der Waals surface area contributed by atoms with Crippen LogP contribution in [0.3, 0.4) is 0 Å². The molecule has 0 spiro atoms. The van der Waals surface area contributed by atoms with Crippen LogP contribution in [0, 0.1) is 12.7 Å². The van der Waals surface area contributed by atoms with Gasteiger partial charge in [-0.05, 0) is 25.5 Å². The number of aromatic nitrogens is 1. The van der Waals surface area contributed by atoms with Gasteiger partial charge >= 0.3 is 0 Å². The average Bonchev–Trinajstić information content (AvgIpc) is 2.71. The van der Waals surface area contributed by atoms with Gasteiger partial charge in [-0.15, -0.1) is 11.3 Å². The van der Waals surface area contributed by atoms with Gasteiger partial charge in [0.25, 0.3) is 0 Å². The van der Waals surface area contributed by atoms with Crippen LogP contribution in [-0.4, -0.2) is 4.98 Å². The molecular weight excluding hydrogens is 223 g/mol. The third-order valence-corrected chi connectivity index (χ3v) is 3.42. The minimum absolute atomic E-state index is 0.0750. The molecule has 0 radical (unpaired) electrons. The van der Waals surface area contributed by atoms with Gasteiger partial charge in [-0.2, -0.15) is 0 Å². The van der Waals surface area contributed by atoms with E-state index in [2.05, 4.69) is 4.98 Å². The maximum Gasteiger partial charge on any atom is 0.126 e. The van der Waals surface area contributed by atoms with Crippen LogP contribution in [-0.2, 0) is 0 Å². The van der Waals surface area contributed by atoms with Crippen molar-refractivity contribution in [1.82, 2.24) is 4.98 Å². The Hall–Kier alpha value is -1.26. The highest BCUT2D eigenvalue weighted by Crippen LogP contribution is 2.25. The van der Waals surface area contributed by atoms with Crippen LogP contribution >= 0.6 is 11.3 Å². The summed E-state index contributed by atoms with van der Waals surface area (Å²) in [6.07, 6.45) is 0. The van der Waals surface area contributed by atoms with Gasteiger partial charge < -0.3 is 5.73 Å². The Kier molecular flexibility index (Phi) is 3.03. The number of hydrogen-bond donors (Lipinski definition) is 1. The molecule has 2 nitrogen and oxygen atoms in total. The molecule has 0 amide bonds. The lowest BCUT2D eigenvalue weighted by molar-refractivity contribution is 0.619. The van der Waals surface area contributed by atoms with Crippen molar-refractivity contribution in [3.63, 3.8) is 0 Å². The van der Waals surface area contributed by atoms with Crippen molar-refractivity contribution in [2.75, 3.05) is 0 Å². The van der Waals surface area contributed by atoms with E-state index >= 15 is 0 Å². The van der Waals surface area contributed by atoms with Gasteiger partial charge in [-0.1, -0.05) is 12.1 Å². The van der Waals surface area contributed by atoms with E-state index in [9.17, 15) is 4.39 Å². The minimum atomic E-state index is -0.201. The monoisotopic (exact) mass is 236 g/mol. The molecule has 4 heteroatoms. The highest BCUT2D eigenvalue weighted by atomic mass is 32.1. The molecule has 0 aliphatic rings. The zero-order chi connectivity index (χ0) is 11.7. The Morgan fingerprint density at radius 1 is 1.44 bits per heavy atom. The third kappa shape index (κ3) is 2.13. The number of thiazole rings is 1. The first-order valence-electron chi connectivity index (χ1n) is 5.05. The van der Waals surface area contributed by atoms with Gasteiger partial charge in [-0.25, -0.2) is 9.37 Å². The smallest absolute Gasteiger partial charge is 0.126 e. The summed E-state index contributed by atoms with van der Waals surface area (Å²) in [5.41, 5.74) is 7.96. The van der Waals surface area contributed by atoms with Crippen molar-refractivity contribution in [2.24, 2.45) is 5.73 Å². The molecule has 1 unspecified atom stereocenters. The molecule has 1 atom stereocenters. The van der Waals surface area contributed by atoms with Crippen molar-refractivity contribution < 1.29 is 4.39 Å². The molecule has 2 rings (SSSR count). The van der Waals surface area contributed by atoms with Crippen molar-refractivity contribution in [2.45, 2.75) is 19.9 Å². The van der Waals surface area contributed by atoms with Crippen LogP contribution < -0.4 is 5.73 Å². The molecular formula is C12H13FN2S. The van der Waals surface area contributed by atoms with Gasteiger partial charge in [-0.3, -0.25) is 0 Å². The summed E-state index contributed by atoms with van der Waals surface area (Å²) >= 11 is 1.50. The Morgan fingerprint density at radius 2 is 2.19 bits per heavy atom. The van der Waals surface area contributed by atoms with Crippen molar-refractivity contribution in [1.29, 1.82) is 0 Å². The van der Waals surface area contributed by atoms with Gasteiger partial charge in [0.1, 0.15) is 10.8 Å². The first-order chi connectivity index (χ1) is 7.58. The number of hydrogen-bond acceptors (Lipinski definition) is 3. The van der Waals surface area contributed by atoms with Crippen molar-refractivity contribution in [3.05, 3.63) is 40.0 Å². The number of nitrogens with zero attached hydrogens (tertiary/aromatic N) is 1. The topological polar surface area (TPSA) is 38.9 Å². The SMILES string of the molecule is Cc1ccc(-c2csc(C(C)N)n2)cc1F. The largest absolute Gasteiger partial charge is 0.322 e. The van der Waals surface area contributed by atoms with Gasteiger partial charge in [0.15, 0.2) is 0 Å². The molecule has 2 N–H and O–H groups in total. The molecule has 0 saturated carbocycles. The quantitative estimate of drug-likeness (QED) is 0.869. The number of halogens is 1. The minimum Gasteiger partial charge on any atom is -0.322 e. The fourth-order valence-electron chi connectivity index (χ4n) is 1.38. The predicted molar refractivity (Wildman–Crippen MR) is 64.8 cm³/mol. The second-order valence-corrected chi connectivity index (χ2v) is 4.71. The molecule has 0 fully saturated rings. The molecule has 1 heterocycles. The first kappa shape index (κ1) is 11.2. The number of benzene rings is 1. The third-order valence-electron chi connectivity index (χ3n) is 2.38. The molecule has 84 valence electrons. The molecule has 0 saturated heterocycles. The van der Waals surface area contributed by atoms with E-state index in [1.54, 1.807) is 13.0 Å². The molecule has 2 aromatic rings.